The van der Waals surface area contributed by atoms with Crippen molar-refractivity contribution in [2.45, 2.75) is 26.8 Å². The molecule has 0 bridgehead atoms. The van der Waals surface area contributed by atoms with E-state index in [1.54, 1.807) is 13.8 Å². The predicted molar refractivity (Wildman–Crippen MR) is 73.0 cm³/mol. The Labute approximate surface area is 112 Å². The summed E-state index contributed by atoms with van der Waals surface area (Å²) in [6.07, 6.45) is 0. The minimum absolute atomic E-state index is 0.0679. The lowest BCUT2D eigenvalue weighted by molar-refractivity contribution is 0.249. The minimum Gasteiger partial charge on any atom is -0.359 e. The van der Waals surface area contributed by atoms with E-state index in [0.29, 0.717) is 17.1 Å². The smallest absolute Gasteiger partial charge is 0.319 e. The fourth-order valence-corrected chi connectivity index (χ4v) is 1.83. The van der Waals surface area contributed by atoms with E-state index in [2.05, 4.69) is 15.8 Å². The number of benzene rings is 1. The molecule has 0 aliphatic carbocycles. The van der Waals surface area contributed by atoms with Gasteiger partial charge in [-0.1, -0.05) is 35.5 Å². The van der Waals surface area contributed by atoms with Gasteiger partial charge in [-0.05, 0) is 26.3 Å². The number of aromatic nitrogens is 1. The summed E-state index contributed by atoms with van der Waals surface area (Å²) < 4.78 is 4.99. The number of amides is 2. The molecule has 5 nitrogen and oxygen atoms in total. The van der Waals surface area contributed by atoms with Crippen LogP contribution in [0.1, 0.15) is 30.0 Å². The summed E-state index contributed by atoms with van der Waals surface area (Å²) in [5.41, 5.74) is 2.34. The maximum atomic E-state index is 11.9. The summed E-state index contributed by atoms with van der Waals surface area (Å²) in [4.78, 5) is 11.9. The van der Waals surface area contributed by atoms with Crippen LogP contribution in [0.25, 0.3) is 0 Å². The molecule has 0 radical (unpaired) electrons. The van der Waals surface area contributed by atoms with Gasteiger partial charge in [0.2, 0.25) is 0 Å². The van der Waals surface area contributed by atoms with Crippen LogP contribution >= 0.6 is 0 Å². The van der Waals surface area contributed by atoms with Crippen molar-refractivity contribution in [3.8, 4) is 0 Å². The molecule has 2 aromatic rings. The first kappa shape index (κ1) is 13.1. The fourth-order valence-electron chi connectivity index (χ4n) is 1.83. The van der Waals surface area contributed by atoms with E-state index < -0.39 is 0 Å². The van der Waals surface area contributed by atoms with E-state index in [-0.39, 0.29) is 12.1 Å². The Morgan fingerprint density at radius 2 is 1.95 bits per heavy atom. The Morgan fingerprint density at radius 1 is 1.26 bits per heavy atom. The third kappa shape index (κ3) is 3.13. The number of carbonyl (C=O) groups is 1. The molecule has 1 atom stereocenters. The summed E-state index contributed by atoms with van der Waals surface area (Å²) in [7, 11) is 0. The average Bonchev–Trinajstić information content (AvgIpc) is 2.71. The van der Waals surface area contributed by atoms with Gasteiger partial charge in [-0.15, -0.1) is 0 Å². The van der Waals surface area contributed by atoms with Crippen LogP contribution in [0.3, 0.4) is 0 Å². The van der Waals surface area contributed by atoms with Crippen LogP contribution in [-0.2, 0) is 0 Å². The molecule has 0 spiro atoms. The molecule has 0 fully saturated rings. The molecule has 2 N–H and O–H groups in total. The number of nitrogens with one attached hydrogen (secondary N) is 2. The monoisotopic (exact) mass is 259 g/mol. The molecule has 1 aromatic carbocycles. The van der Waals surface area contributed by atoms with Gasteiger partial charge in [0.05, 0.1) is 6.04 Å². The molecule has 0 aliphatic rings. The van der Waals surface area contributed by atoms with Gasteiger partial charge in [0.15, 0.2) is 5.76 Å². The SMILES string of the molecule is Cc1noc(C)c1NC(=O)N[C@H](C)c1ccccc1. The van der Waals surface area contributed by atoms with E-state index in [4.69, 9.17) is 4.52 Å². The zero-order valence-electron chi connectivity index (χ0n) is 11.2. The molecule has 19 heavy (non-hydrogen) atoms. The Kier molecular flexibility index (Phi) is 3.85. The van der Waals surface area contributed by atoms with Crippen molar-refractivity contribution >= 4 is 11.7 Å². The van der Waals surface area contributed by atoms with Crippen molar-refractivity contribution in [2.24, 2.45) is 0 Å². The zero-order valence-corrected chi connectivity index (χ0v) is 11.2. The number of hydrogen-bond donors (Lipinski definition) is 2. The van der Waals surface area contributed by atoms with Crippen LogP contribution in [-0.4, -0.2) is 11.2 Å². The topological polar surface area (TPSA) is 67.2 Å². The van der Waals surface area contributed by atoms with E-state index >= 15 is 0 Å². The molecule has 100 valence electrons. The average molecular weight is 259 g/mol. The second-order valence-electron chi connectivity index (χ2n) is 4.43. The molecule has 0 aliphatic heterocycles. The van der Waals surface area contributed by atoms with Crippen LogP contribution in [0.4, 0.5) is 10.5 Å². The molecule has 1 aromatic heterocycles. The number of rotatable bonds is 3. The molecule has 2 rings (SSSR count). The van der Waals surface area contributed by atoms with Gasteiger partial charge in [0.1, 0.15) is 11.4 Å². The first-order chi connectivity index (χ1) is 9.08. The van der Waals surface area contributed by atoms with E-state index in [0.717, 1.165) is 5.56 Å². The highest BCUT2D eigenvalue weighted by atomic mass is 16.5. The van der Waals surface area contributed by atoms with Crippen molar-refractivity contribution < 1.29 is 9.32 Å². The quantitative estimate of drug-likeness (QED) is 0.889. The lowest BCUT2D eigenvalue weighted by atomic mass is 10.1. The number of carbonyl (C=O) groups excluding carboxylic acids is 1. The number of urea groups is 1. The van der Waals surface area contributed by atoms with E-state index in [1.807, 2.05) is 37.3 Å². The van der Waals surface area contributed by atoms with Crippen molar-refractivity contribution in [3.05, 3.63) is 47.3 Å². The Balaban J connectivity index is 1.99. The second kappa shape index (κ2) is 5.56. The van der Waals surface area contributed by atoms with Gasteiger partial charge >= 0.3 is 6.03 Å². The van der Waals surface area contributed by atoms with Gasteiger partial charge in [0, 0.05) is 0 Å². The van der Waals surface area contributed by atoms with Crippen LogP contribution in [0.2, 0.25) is 0 Å². The molecule has 0 saturated carbocycles. The second-order valence-corrected chi connectivity index (χ2v) is 4.43. The number of hydrogen-bond acceptors (Lipinski definition) is 3. The molecule has 5 heteroatoms. The molecule has 2 amide bonds. The lowest BCUT2D eigenvalue weighted by Crippen LogP contribution is -2.31. The zero-order chi connectivity index (χ0) is 13.8. The Bertz CT molecular complexity index is 544. The van der Waals surface area contributed by atoms with E-state index in [1.165, 1.54) is 0 Å². The summed E-state index contributed by atoms with van der Waals surface area (Å²) in [5, 5.41) is 9.41. The highest BCUT2D eigenvalue weighted by Gasteiger charge is 2.14. The molecule has 1 heterocycles. The fraction of sp³-hybridized carbons (Fsp3) is 0.286. The first-order valence-corrected chi connectivity index (χ1v) is 6.13. The van der Waals surface area contributed by atoms with Crippen LogP contribution in [0.15, 0.2) is 34.9 Å². The normalized spacial score (nSPS) is 11.9. The summed E-state index contributed by atoms with van der Waals surface area (Å²) >= 11 is 0. The third-order valence-electron chi connectivity index (χ3n) is 2.92. The number of aryl methyl sites for hydroxylation is 2. The number of nitrogens with zero attached hydrogens (tertiary/aromatic N) is 1. The largest absolute Gasteiger partial charge is 0.359 e. The Morgan fingerprint density at radius 3 is 2.53 bits per heavy atom. The van der Waals surface area contributed by atoms with Crippen molar-refractivity contribution in [3.63, 3.8) is 0 Å². The highest BCUT2D eigenvalue weighted by Crippen LogP contribution is 2.19. The molecule has 0 unspecified atom stereocenters. The molecule has 0 saturated heterocycles. The van der Waals surface area contributed by atoms with Gasteiger partial charge in [-0.2, -0.15) is 0 Å². The van der Waals surface area contributed by atoms with Gasteiger partial charge in [-0.3, -0.25) is 0 Å². The standard InChI is InChI=1S/C14H17N3O2/c1-9(12-7-5-4-6-8-12)15-14(18)16-13-10(2)17-19-11(13)3/h4-9H,1-3H3,(H2,15,16,18)/t9-/m1/s1. The van der Waals surface area contributed by atoms with Crippen LogP contribution in [0.5, 0.6) is 0 Å². The van der Waals surface area contributed by atoms with Crippen molar-refractivity contribution in [1.29, 1.82) is 0 Å². The van der Waals surface area contributed by atoms with Gasteiger partial charge in [-0.25, -0.2) is 4.79 Å². The third-order valence-corrected chi connectivity index (χ3v) is 2.92. The van der Waals surface area contributed by atoms with Crippen LogP contribution < -0.4 is 10.6 Å². The van der Waals surface area contributed by atoms with Gasteiger partial charge in [0.25, 0.3) is 0 Å². The summed E-state index contributed by atoms with van der Waals surface area (Å²) in [6, 6.07) is 9.44. The lowest BCUT2D eigenvalue weighted by Gasteiger charge is -2.14. The highest BCUT2D eigenvalue weighted by molar-refractivity contribution is 5.90. The molecular formula is C14H17N3O2. The van der Waals surface area contributed by atoms with Crippen molar-refractivity contribution in [1.82, 2.24) is 10.5 Å². The minimum atomic E-state index is -0.272. The predicted octanol–water partition coefficient (Wildman–Crippen LogP) is 3.17. The van der Waals surface area contributed by atoms with Gasteiger partial charge < -0.3 is 15.2 Å². The maximum Gasteiger partial charge on any atom is 0.319 e. The maximum absolute atomic E-state index is 11.9. The Hall–Kier alpha value is -2.30. The summed E-state index contributed by atoms with van der Waals surface area (Å²) in [6.45, 7) is 5.48. The van der Waals surface area contributed by atoms with Crippen LogP contribution in [0, 0.1) is 13.8 Å². The van der Waals surface area contributed by atoms with E-state index in [9.17, 15) is 4.79 Å². The summed E-state index contributed by atoms with van der Waals surface area (Å²) in [5.74, 6) is 0.597. The number of anilines is 1. The molecular weight excluding hydrogens is 242 g/mol. The van der Waals surface area contributed by atoms with Crippen molar-refractivity contribution in [2.75, 3.05) is 5.32 Å². The first-order valence-electron chi connectivity index (χ1n) is 6.13.